The second-order valence-corrected chi connectivity index (χ2v) is 26.6. The number of esters is 2. The Labute approximate surface area is 522 Å². The third kappa shape index (κ3) is 67.3. The molecule has 9 heteroatoms. The molecule has 9 nitrogen and oxygen atoms in total. The lowest BCUT2D eigenvalue weighted by Crippen LogP contribution is -2.40. The first-order valence-electron chi connectivity index (χ1n) is 37.0. The molecule has 0 heterocycles. The minimum atomic E-state index is -1.51. The third-order valence-electron chi connectivity index (χ3n) is 17.0. The Balaban J connectivity index is 3.88. The Hall–Kier alpha value is -2.23. The van der Waals surface area contributed by atoms with Crippen LogP contribution in [0.15, 0.2) is 24.3 Å². The number of nitrogens with zero attached hydrogens (tertiary/aromatic N) is 1. The van der Waals surface area contributed by atoms with Gasteiger partial charge in [-0.1, -0.05) is 346 Å². The number of hydrogen-bond donors (Lipinski definition) is 1. The van der Waals surface area contributed by atoms with Gasteiger partial charge in [-0.25, -0.2) is 4.79 Å². The molecule has 2 unspecified atom stereocenters. The van der Waals surface area contributed by atoms with Crippen molar-refractivity contribution in [2.45, 2.75) is 392 Å². The maximum absolute atomic E-state index is 12.9. The molecule has 496 valence electrons. The number of aliphatic carboxylic acids is 1. The molecule has 0 spiro atoms. The molecule has 0 aliphatic carbocycles. The van der Waals surface area contributed by atoms with Gasteiger partial charge in [0.2, 0.25) is 0 Å². The molecule has 0 amide bonds. The van der Waals surface area contributed by atoms with Crippen LogP contribution in [-0.4, -0.2) is 87.4 Å². The Morgan fingerprint density at radius 3 is 0.952 bits per heavy atom. The second-order valence-electron chi connectivity index (χ2n) is 26.6. The summed E-state index contributed by atoms with van der Waals surface area (Å²) in [6, 6.07) is 0. The molecule has 0 rings (SSSR count). The van der Waals surface area contributed by atoms with Gasteiger partial charge < -0.3 is 28.5 Å². The van der Waals surface area contributed by atoms with Crippen molar-refractivity contribution in [1.82, 2.24) is 0 Å². The van der Waals surface area contributed by atoms with Crippen molar-refractivity contribution in [1.29, 1.82) is 0 Å². The van der Waals surface area contributed by atoms with Crippen LogP contribution in [0, 0.1) is 0 Å². The molecule has 0 aliphatic rings. The minimum absolute atomic E-state index is 0.180. The van der Waals surface area contributed by atoms with Gasteiger partial charge in [-0.05, 0) is 44.9 Å². The van der Waals surface area contributed by atoms with Gasteiger partial charge in [-0.3, -0.25) is 9.59 Å². The maximum atomic E-state index is 12.9. The number of carbonyl (C=O) groups excluding carboxylic acids is 2. The molecule has 1 N–H and O–H groups in total. The zero-order chi connectivity index (χ0) is 61.2. The predicted molar refractivity (Wildman–Crippen MR) is 360 cm³/mol. The number of likely N-dealkylation sites (N-methyl/N-ethyl adjacent to an activating group) is 1. The molecule has 0 aromatic heterocycles. The van der Waals surface area contributed by atoms with Crippen LogP contribution in [0.5, 0.6) is 0 Å². The van der Waals surface area contributed by atoms with Gasteiger partial charge in [0.15, 0.2) is 6.10 Å². The minimum Gasteiger partial charge on any atom is -0.477 e. The molecule has 0 aromatic carbocycles. The highest BCUT2D eigenvalue weighted by atomic mass is 16.7. The van der Waals surface area contributed by atoms with E-state index in [1.165, 1.54) is 295 Å². The smallest absolute Gasteiger partial charge is 0.361 e. The van der Waals surface area contributed by atoms with E-state index in [2.05, 4.69) is 38.2 Å². The number of ether oxygens (including phenoxy) is 4. The summed E-state index contributed by atoms with van der Waals surface area (Å²) in [4.78, 5) is 37.5. The second kappa shape index (κ2) is 66.7. The van der Waals surface area contributed by atoms with Gasteiger partial charge in [0.1, 0.15) is 13.2 Å². The Bertz CT molecular complexity index is 1430. The fourth-order valence-electron chi connectivity index (χ4n) is 11.3. The molecular weight excluding hydrogens is 1040 g/mol. The van der Waals surface area contributed by atoms with E-state index in [-0.39, 0.29) is 32.2 Å². The molecule has 0 fully saturated rings. The summed E-state index contributed by atoms with van der Waals surface area (Å²) in [5, 5.41) is 9.73. The lowest BCUT2D eigenvalue weighted by molar-refractivity contribution is -0.870. The number of allylic oxidation sites excluding steroid dienone is 4. The van der Waals surface area contributed by atoms with Crippen LogP contribution in [0.3, 0.4) is 0 Å². The van der Waals surface area contributed by atoms with Crippen LogP contribution in [-0.2, 0) is 33.3 Å². The summed E-state index contributed by atoms with van der Waals surface area (Å²) in [5.74, 6) is -1.99. The molecule has 0 aromatic rings. The number of unbranched alkanes of at least 4 members (excludes halogenated alkanes) is 51. The first kappa shape index (κ1) is 81.8. The molecule has 0 saturated heterocycles. The number of carbonyl (C=O) groups is 3. The van der Waals surface area contributed by atoms with Gasteiger partial charge in [0.25, 0.3) is 6.29 Å². The van der Waals surface area contributed by atoms with Crippen molar-refractivity contribution in [3.63, 3.8) is 0 Å². The molecule has 0 radical (unpaired) electrons. The first-order valence-corrected chi connectivity index (χ1v) is 37.0. The average Bonchev–Trinajstić information content (AvgIpc) is 3.55. The summed E-state index contributed by atoms with van der Waals surface area (Å²) >= 11 is 0. The SMILES string of the molecule is CCCCCC/C=C\C/C=C\CCCCCCCCCC(=O)OC(COC(=O)CCCCCCCCCCCCCCCCCCCCCCCCCCCCCCCCCCCCCCCCCCC)COC(OCC[N+](C)(C)C)C(=O)O. The largest absolute Gasteiger partial charge is 0.477 e. The van der Waals surface area contributed by atoms with Crippen LogP contribution in [0.25, 0.3) is 0 Å². The average molecular weight is 1190 g/mol. The van der Waals surface area contributed by atoms with E-state index < -0.39 is 24.3 Å². The number of carboxylic acid groups (broad SMARTS) is 1. The topological polar surface area (TPSA) is 108 Å². The zero-order valence-corrected chi connectivity index (χ0v) is 56.8. The van der Waals surface area contributed by atoms with Crippen molar-refractivity contribution in [2.75, 3.05) is 47.5 Å². The Morgan fingerprint density at radius 1 is 0.357 bits per heavy atom. The highest BCUT2D eigenvalue weighted by molar-refractivity contribution is 5.71. The number of carboxylic acids is 1. The van der Waals surface area contributed by atoms with Crippen LogP contribution >= 0.6 is 0 Å². The molecule has 2 atom stereocenters. The van der Waals surface area contributed by atoms with E-state index in [0.717, 1.165) is 51.4 Å². The zero-order valence-electron chi connectivity index (χ0n) is 56.8. The van der Waals surface area contributed by atoms with E-state index in [1.54, 1.807) is 0 Å². The van der Waals surface area contributed by atoms with Crippen LogP contribution in [0.1, 0.15) is 380 Å². The molecule has 0 bridgehead atoms. The summed E-state index contributed by atoms with van der Waals surface area (Å²) in [6.45, 7) is 4.91. The number of quaternary nitrogens is 1. The molecule has 0 saturated carbocycles. The van der Waals surface area contributed by atoms with Crippen molar-refractivity contribution in [3.8, 4) is 0 Å². The van der Waals surface area contributed by atoms with Gasteiger partial charge in [-0.2, -0.15) is 0 Å². The van der Waals surface area contributed by atoms with Gasteiger partial charge in [-0.15, -0.1) is 0 Å². The van der Waals surface area contributed by atoms with Crippen molar-refractivity contribution >= 4 is 17.9 Å². The molecule has 0 aliphatic heterocycles. The maximum Gasteiger partial charge on any atom is 0.361 e. The molecular formula is C75H144NO8+. The fourth-order valence-corrected chi connectivity index (χ4v) is 11.3. The summed E-state index contributed by atoms with van der Waals surface area (Å²) in [5.41, 5.74) is 0. The van der Waals surface area contributed by atoms with Crippen molar-refractivity contribution in [2.24, 2.45) is 0 Å². The van der Waals surface area contributed by atoms with E-state index >= 15 is 0 Å². The molecule has 84 heavy (non-hydrogen) atoms. The lowest BCUT2D eigenvalue weighted by atomic mass is 10.0. The predicted octanol–water partition coefficient (Wildman–Crippen LogP) is 23.0. The van der Waals surface area contributed by atoms with Gasteiger partial charge in [0.05, 0.1) is 34.4 Å². The van der Waals surface area contributed by atoms with Gasteiger partial charge in [0, 0.05) is 12.8 Å². The highest BCUT2D eigenvalue weighted by Gasteiger charge is 2.25. The van der Waals surface area contributed by atoms with E-state index in [0.29, 0.717) is 23.9 Å². The van der Waals surface area contributed by atoms with Crippen LogP contribution in [0.4, 0.5) is 0 Å². The number of rotatable bonds is 70. The quantitative estimate of drug-likeness (QED) is 0.0211. The third-order valence-corrected chi connectivity index (χ3v) is 17.0. The summed E-state index contributed by atoms with van der Waals surface area (Å²) in [6.07, 6.45) is 80.5. The fraction of sp³-hybridized carbons (Fsp3) is 0.907. The normalized spacial score (nSPS) is 12.7. The standard InChI is InChI=1S/C75H143NO8/c1-6-8-10-12-14-16-18-20-22-24-26-27-28-29-30-31-32-33-34-35-36-37-38-39-40-41-42-43-44-45-46-47-48-50-51-53-55-57-59-61-63-65-72(77)82-69-71(70-83-75(74(79)80)81-68-67-76(3,4)5)84-73(78)66-64-62-60-58-56-54-52-49-25-23-21-19-17-15-13-11-9-7-2/h17,19,23,25,71,75H,6-16,18,20-22,24,26-70H2,1-5H3/p+1/b19-17-,25-23-. The monoisotopic (exact) mass is 1190 g/mol. The summed E-state index contributed by atoms with van der Waals surface area (Å²) < 4.78 is 23.0. The Kier molecular flexibility index (Phi) is 64.9. The van der Waals surface area contributed by atoms with Crippen molar-refractivity contribution < 1.29 is 42.9 Å². The number of hydrogen-bond acceptors (Lipinski definition) is 7. The lowest BCUT2D eigenvalue weighted by Gasteiger charge is -2.25. The van der Waals surface area contributed by atoms with E-state index in [1.807, 2.05) is 21.1 Å². The first-order chi connectivity index (χ1) is 41.1. The van der Waals surface area contributed by atoms with Crippen molar-refractivity contribution in [3.05, 3.63) is 24.3 Å². The summed E-state index contributed by atoms with van der Waals surface area (Å²) in [7, 11) is 5.98. The Morgan fingerprint density at radius 2 is 0.643 bits per heavy atom. The van der Waals surface area contributed by atoms with Crippen LogP contribution < -0.4 is 0 Å². The highest BCUT2D eigenvalue weighted by Crippen LogP contribution is 2.19. The van der Waals surface area contributed by atoms with E-state index in [4.69, 9.17) is 18.9 Å². The van der Waals surface area contributed by atoms with Gasteiger partial charge >= 0.3 is 17.9 Å². The van der Waals surface area contributed by atoms with Crippen LogP contribution in [0.2, 0.25) is 0 Å². The van der Waals surface area contributed by atoms with E-state index in [9.17, 15) is 19.5 Å².